The first-order valence-electron chi connectivity index (χ1n) is 16.9. The van der Waals surface area contributed by atoms with Crippen molar-refractivity contribution in [2.45, 2.75) is 125 Å². The summed E-state index contributed by atoms with van der Waals surface area (Å²) in [4.78, 5) is 33.9. The summed E-state index contributed by atoms with van der Waals surface area (Å²) in [6.07, 6.45) is 6.93. The minimum atomic E-state index is -0.720. The number of ether oxygens (including phenoxy) is 1. The van der Waals surface area contributed by atoms with Crippen LogP contribution in [0.2, 0.25) is 0 Å². The topological polar surface area (TPSA) is 111 Å². The largest absolute Gasteiger partial charge is 0.596 e. The van der Waals surface area contributed by atoms with Crippen LogP contribution < -0.4 is 10.8 Å². The Balaban J connectivity index is 0.000000223. The molecule has 246 valence electrons. The van der Waals surface area contributed by atoms with Gasteiger partial charge in [0.2, 0.25) is 11.8 Å². The molecule has 0 unspecified atom stereocenters. The van der Waals surface area contributed by atoms with Gasteiger partial charge >= 0.3 is 0 Å². The van der Waals surface area contributed by atoms with Gasteiger partial charge in [-0.15, -0.1) is 0 Å². The lowest BCUT2D eigenvalue weighted by molar-refractivity contribution is -0.253. The maximum Gasteiger partial charge on any atom is 0.248 e. The summed E-state index contributed by atoms with van der Waals surface area (Å²) in [5.41, 5.74) is 6.41. The van der Waals surface area contributed by atoms with Crippen LogP contribution in [0.3, 0.4) is 0 Å². The van der Waals surface area contributed by atoms with Crippen molar-refractivity contribution >= 4 is 17.9 Å². The fourth-order valence-electron chi connectivity index (χ4n) is 7.92. The number of nitrogens with two attached hydrogens (primary N) is 1. The fourth-order valence-corrected chi connectivity index (χ4v) is 7.92. The van der Waals surface area contributed by atoms with Gasteiger partial charge in [-0.3, -0.25) is 14.6 Å². The van der Waals surface area contributed by atoms with Crippen molar-refractivity contribution in [2.24, 2.45) is 45.2 Å². The number of hydrogen-bond donors (Lipinski definition) is 1. The van der Waals surface area contributed by atoms with Crippen molar-refractivity contribution in [1.29, 1.82) is 0 Å². The number of amides is 2. The number of carbonyl (C=O) groups excluding carboxylic acids is 2. The van der Waals surface area contributed by atoms with Gasteiger partial charge < -0.3 is 25.4 Å². The molecule has 2 amide bonds. The highest BCUT2D eigenvalue weighted by molar-refractivity contribution is 5.85. The molecule has 1 aromatic carbocycles. The molecule has 2 heterocycles. The molecule has 2 N–H and O–H groups in total. The Hall–Kier alpha value is -2.61. The zero-order chi connectivity index (χ0) is 32.4. The van der Waals surface area contributed by atoms with E-state index in [1.54, 1.807) is 0 Å². The highest BCUT2D eigenvalue weighted by atomic mass is 16.6. The van der Waals surface area contributed by atoms with Crippen LogP contribution in [-0.4, -0.2) is 65.0 Å². The average molecular weight is 610 g/mol. The van der Waals surface area contributed by atoms with Crippen LogP contribution in [0.25, 0.3) is 0 Å². The maximum atomic E-state index is 13.3. The van der Waals surface area contributed by atoms with Crippen molar-refractivity contribution < 1.29 is 19.4 Å². The second-order valence-corrected chi connectivity index (χ2v) is 16.0. The van der Waals surface area contributed by atoms with Crippen molar-refractivity contribution in [3.63, 3.8) is 0 Å². The molecule has 2 aliphatic carbocycles. The molecule has 4 aliphatic rings. The Morgan fingerprint density at radius 1 is 0.864 bits per heavy atom. The van der Waals surface area contributed by atoms with Gasteiger partial charge in [-0.1, -0.05) is 84.7 Å². The van der Waals surface area contributed by atoms with Crippen molar-refractivity contribution in [3.8, 4) is 0 Å². The molecule has 1 aromatic rings. The van der Waals surface area contributed by atoms with E-state index in [1.165, 1.54) is 38.5 Å². The number of rotatable bonds is 5. The quantitative estimate of drug-likeness (QED) is 0.374. The molecule has 2 aliphatic heterocycles. The Bertz CT molecular complexity index is 1160. The Kier molecular flexibility index (Phi) is 10.7. The molecule has 44 heavy (non-hydrogen) atoms. The Morgan fingerprint density at radius 2 is 1.36 bits per heavy atom. The van der Waals surface area contributed by atoms with Crippen LogP contribution in [0, 0.1) is 34.5 Å². The van der Waals surface area contributed by atoms with Gasteiger partial charge in [0, 0.05) is 31.8 Å². The third kappa shape index (κ3) is 7.78. The molecular weight excluding hydrogens is 552 g/mol. The van der Waals surface area contributed by atoms with Crippen molar-refractivity contribution in [2.75, 3.05) is 13.1 Å². The van der Waals surface area contributed by atoms with E-state index < -0.39 is 17.5 Å². The summed E-state index contributed by atoms with van der Waals surface area (Å²) in [5, 5.41) is 12.3. The molecular formula is C36H57N4O4-. The third-order valence-electron chi connectivity index (χ3n) is 10.8. The normalized spacial score (nSPS) is 29.9. The summed E-state index contributed by atoms with van der Waals surface area (Å²) < 4.78 is 5.29. The first-order valence-corrected chi connectivity index (χ1v) is 16.9. The number of nitrogens with zero attached hydrogens (tertiary/aromatic N) is 3. The molecule has 8 nitrogen and oxygen atoms in total. The minimum Gasteiger partial charge on any atom is -0.596 e. The van der Waals surface area contributed by atoms with Crippen LogP contribution in [0.5, 0.6) is 0 Å². The van der Waals surface area contributed by atoms with Gasteiger partial charge in [-0.05, 0) is 79.6 Å². The number of aliphatic imine (C=N–C) groups is 1. The van der Waals surface area contributed by atoms with Gasteiger partial charge in [0.15, 0.2) is 0 Å². The summed E-state index contributed by atoms with van der Waals surface area (Å²) in [5.74, 6) is 2.78. The van der Waals surface area contributed by atoms with E-state index in [2.05, 4.69) is 18.8 Å². The molecule has 2 saturated heterocycles. The smallest absolute Gasteiger partial charge is 0.248 e. The average Bonchev–Trinajstić information content (AvgIpc) is 3.74. The maximum absolute atomic E-state index is 13.3. The monoisotopic (exact) mass is 609 g/mol. The first kappa shape index (κ1) is 34.3. The molecule has 8 heteroatoms. The van der Waals surface area contributed by atoms with E-state index in [0.717, 1.165) is 30.5 Å². The number of benzene rings is 1. The Labute approximate surface area is 265 Å². The third-order valence-corrected chi connectivity index (χ3v) is 10.8. The molecule has 0 radical (unpaired) electrons. The van der Waals surface area contributed by atoms with E-state index in [1.807, 2.05) is 81.7 Å². The van der Waals surface area contributed by atoms with E-state index in [-0.39, 0.29) is 35.9 Å². The lowest BCUT2D eigenvalue weighted by Crippen LogP contribution is -2.51. The van der Waals surface area contributed by atoms with Crippen LogP contribution in [0.15, 0.2) is 35.3 Å². The molecule has 2 saturated carbocycles. The number of carbonyl (C=O) groups is 2. The summed E-state index contributed by atoms with van der Waals surface area (Å²) in [6.45, 7) is 18.2. The fraction of sp³-hybridized carbons (Fsp3) is 0.750. The zero-order valence-corrected chi connectivity index (χ0v) is 28.4. The van der Waals surface area contributed by atoms with Gasteiger partial charge in [0.25, 0.3) is 0 Å². The second-order valence-electron chi connectivity index (χ2n) is 16.0. The number of hydrogen-bond acceptors (Lipinski definition) is 6. The van der Waals surface area contributed by atoms with Crippen LogP contribution in [0.1, 0.15) is 99.5 Å². The standard InChI is InChI=1S/C22H32N2O3.C14H26N2O/c1-15-18-12-8-11-17(18)13-24(15)20(25)19(22(2,3)4)23-21(26)27-14-16-9-6-5-7-10-16;1-9-11-7-5-6-10(11)8-16(9)13(17)12(15)14(2,3)4/h5-7,9-10,15,17-19H,8,11-14H2,1-4H3,(H,23,26);9-12H,5-8,15H2,1-4H3/p-1/t15-,17+,18-,19-;9-,10+,11-,12-/m11/s1. The van der Waals surface area contributed by atoms with E-state index >= 15 is 0 Å². The van der Waals surface area contributed by atoms with Gasteiger partial charge in [-0.25, -0.2) is 0 Å². The molecule has 0 spiro atoms. The van der Waals surface area contributed by atoms with E-state index in [4.69, 9.17) is 10.5 Å². The lowest BCUT2D eigenvalue weighted by atomic mass is 9.86. The van der Waals surface area contributed by atoms with E-state index in [9.17, 15) is 14.7 Å². The van der Waals surface area contributed by atoms with Crippen LogP contribution >= 0.6 is 0 Å². The lowest BCUT2D eigenvalue weighted by Gasteiger charge is -2.34. The predicted octanol–water partition coefficient (Wildman–Crippen LogP) is 4.99. The predicted molar refractivity (Wildman–Crippen MR) is 173 cm³/mol. The van der Waals surface area contributed by atoms with Gasteiger partial charge in [-0.2, -0.15) is 0 Å². The molecule has 5 rings (SSSR count). The second kappa shape index (κ2) is 13.8. The molecule has 0 bridgehead atoms. The number of likely N-dealkylation sites (tertiary alicyclic amines) is 2. The zero-order valence-electron chi connectivity index (χ0n) is 28.4. The van der Waals surface area contributed by atoms with Crippen molar-refractivity contribution in [3.05, 3.63) is 35.9 Å². The minimum absolute atomic E-state index is 0.0407. The van der Waals surface area contributed by atoms with Crippen LogP contribution in [-0.2, 0) is 20.9 Å². The first-order chi connectivity index (χ1) is 20.6. The van der Waals surface area contributed by atoms with Gasteiger partial charge in [0.1, 0.15) is 12.1 Å². The summed E-state index contributed by atoms with van der Waals surface area (Å²) in [7, 11) is 0. The van der Waals surface area contributed by atoms with Crippen LogP contribution in [0.4, 0.5) is 0 Å². The molecule has 8 atom stereocenters. The van der Waals surface area contributed by atoms with E-state index in [0.29, 0.717) is 17.9 Å². The summed E-state index contributed by atoms with van der Waals surface area (Å²) in [6, 6.07) is 9.02. The number of fused-ring (bicyclic) bond motifs is 2. The molecule has 0 aromatic heterocycles. The van der Waals surface area contributed by atoms with Crippen molar-refractivity contribution in [1.82, 2.24) is 9.80 Å². The Morgan fingerprint density at radius 3 is 1.82 bits per heavy atom. The SMILES string of the molecule is C[C@@H]1[C@H]2CCC[C@H]2CN1C(=O)[C@@H](N)C(C)(C)C.C[C@@H]1[C@H]2CCC[C@H]2CN1C(=O)[C@@H](N=C([O-])OCc1ccccc1)C(C)(C)C. The summed E-state index contributed by atoms with van der Waals surface area (Å²) >= 11 is 0. The van der Waals surface area contributed by atoms with Gasteiger partial charge in [0.05, 0.1) is 6.04 Å². The highest BCUT2D eigenvalue weighted by Crippen LogP contribution is 2.44. The molecule has 4 fully saturated rings. The highest BCUT2D eigenvalue weighted by Gasteiger charge is 2.47.